The maximum Gasteiger partial charge on any atom is 0.248 e. The van der Waals surface area contributed by atoms with Crippen LogP contribution in [-0.4, -0.2) is 11.8 Å². The number of benzene rings is 1. The van der Waals surface area contributed by atoms with E-state index in [1.54, 1.807) is 0 Å². The lowest BCUT2D eigenvalue weighted by Gasteiger charge is -2.12. The molecule has 1 N–H and O–H groups in total. The van der Waals surface area contributed by atoms with Crippen LogP contribution in [0.3, 0.4) is 0 Å². The summed E-state index contributed by atoms with van der Waals surface area (Å²) in [7, 11) is 0. The smallest absolute Gasteiger partial charge is 0.248 e. The second-order valence-corrected chi connectivity index (χ2v) is 5.57. The van der Waals surface area contributed by atoms with E-state index in [-0.39, 0.29) is 12.8 Å². The van der Waals surface area contributed by atoms with E-state index >= 15 is 0 Å². The molecule has 2 nitrogen and oxygen atoms in total. The van der Waals surface area contributed by atoms with Crippen LogP contribution >= 0.6 is 22.6 Å². The molecule has 0 bridgehead atoms. The molecule has 1 aliphatic carbocycles. The lowest BCUT2D eigenvalue weighted by atomic mass is 10.1. The van der Waals surface area contributed by atoms with Crippen LogP contribution in [-0.2, 0) is 4.79 Å². The molecule has 1 amide bonds. The molecule has 0 heterocycles. The molecular formula is C12H11F3INO. The first-order chi connectivity index (χ1) is 8.37. The van der Waals surface area contributed by atoms with Gasteiger partial charge in [0.25, 0.3) is 0 Å². The van der Waals surface area contributed by atoms with Crippen LogP contribution in [0, 0.1) is 15.3 Å². The van der Waals surface area contributed by atoms with Crippen molar-refractivity contribution < 1.29 is 18.0 Å². The lowest BCUT2D eigenvalue weighted by molar-refractivity contribution is -0.120. The second-order valence-electron chi connectivity index (χ2n) is 4.41. The zero-order chi connectivity index (χ0) is 13.3. The van der Waals surface area contributed by atoms with Crippen LogP contribution in [0.1, 0.15) is 19.3 Å². The first-order valence-corrected chi connectivity index (χ1v) is 6.59. The first-order valence-electron chi connectivity index (χ1n) is 5.51. The zero-order valence-electron chi connectivity index (χ0n) is 9.35. The number of halogens is 4. The van der Waals surface area contributed by atoms with Crippen LogP contribution in [0.15, 0.2) is 18.2 Å². The van der Waals surface area contributed by atoms with Crippen molar-refractivity contribution in [3.63, 3.8) is 0 Å². The predicted molar refractivity (Wildman–Crippen MR) is 70.0 cm³/mol. The van der Waals surface area contributed by atoms with Gasteiger partial charge in [-0.3, -0.25) is 4.79 Å². The van der Waals surface area contributed by atoms with Crippen molar-refractivity contribution in [2.75, 3.05) is 5.32 Å². The maximum atomic E-state index is 13.0. The fourth-order valence-corrected chi connectivity index (χ4v) is 2.61. The van der Waals surface area contributed by atoms with Gasteiger partial charge in [-0.25, -0.2) is 13.2 Å². The average molecular weight is 369 g/mol. The zero-order valence-corrected chi connectivity index (χ0v) is 11.5. The fourth-order valence-electron chi connectivity index (χ4n) is 2.00. The Labute approximate surface area is 116 Å². The molecule has 0 radical (unpaired) electrons. The average Bonchev–Trinajstić information content (AvgIpc) is 2.63. The Morgan fingerprint density at radius 1 is 1.44 bits per heavy atom. The van der Waals surface area contributed by atoms with Crippen LogP contribution in [0.25, 0.3) is 0 Å². The van der Waals surface area contributed by atoms with Gasteiger partial charge in [-0.05, 0) is 47.2 Å². The van der Waals surface area contributed by atoms with Crippen molar-refractivity contribution in [1.82, 2.24) is 0 Å². The minimum absolute atomic E-state index is 0.191. The van der Waals surface area contributed by atoms with Gasteiger partial charge in [0.05, 0.1) is 5.69 Å². The largest absolute Gasteiger partial charge is 0.325 e. The summed E-state index contributed by atoms with van der Waals surface area (Å²) in [6.45, 7) is 0. The van der Waals surface area contributed by atoms with Crippen molar-refractivity contribution in [1.29, 1.82) is 0 Å². The normalized spacial score (nSPS) is 21.9. The SMILES string of the molecule is O=C(Nc1ccc(F)cc1I)C1CCC(F)(F)C1. The summed E-state index contributed by atoms with van der Waals surface area (Å²) in [5.41, 5.74) is 0.456. The summed E-state index contributed by atoms with van der Waals surface area (Å²) < 4.78 is 39.4. The maximum absolute atomic E-state index is 13.0. The molecule has 1 aliphatic rings. The molecular weight excluding hydrogens is 358 g/mol. The van der Waals surface area contributed by atoms with Gasteiger partial charge in [-0.2, -0.15) is 0 Å². The Morgan fingerprint density at radius 2 is 2.17 bits per heavy atom. The Hall–Kier alpha value is -0.790. The molecule has 1 aromatic carbocycles. The number of anilines is 1. The highest BCUT2D eigenvalue weighted by atomic mass is 127. The minimum Gasteiger partial charge on any atom is -0.325 e. The van der Waals surface area contributed by atoms with Crippen LogP contribution < -0.4 is 5.32 Å². The van der Waals surface area contributed by atoms with Crippen molar-refractivity contribution in [2.45, 2.75) is 25.2 Å². The Morgan fingerprint density at radius 3 is 2.72 bits per heavy atom. The summed E-state index contributed by atoms with van der Waals surface area (Å²) >= 11 is 1.89. The molecule has 1 unspecified atom stereocenters. The van der Waals surface area contributed by atoms with Crippen LogP contribution in [0.2, 0.25) is 0 Å². The van der Waals surface area contributed by atoms with Gasteiger partial charge in [-0.1, -0.05) is 0 Å². The van der Waals surface area contributed by atoms with E-state index in [0.717, 1.165) is 0 Å². The Bertz CT molecular complexity index is 478. The van der Waals surface area contributed by atoms with Gasteiger partial charge in [-0.15, -0.1) is 0 Å². The van der Waals surface area contributed by atoms with Gasteiger partial charge >= 0.3 is 0 Å². The quantitative estimate of drug-likeness (QED) is 0.790. The van der Waals surface area contributed by atoms with Gasteiger partial charge in [0.2, 0.25) is 11.8 Å². The van der Waals surface area contributed by atoms with Gasteiger partial charge in [0.15, 0.2) is 0 Å². The van der Waals surface area contributed by atoms with Gasteiger partial charge in [0.1, 0.15) is 5.82 Å². The molecule has 1 atom stereocenters. The molecule has 6 heteroatoms. The number of hydrogen-bond donors (Lipinski definition) is 1. The number of carbonyl (C=O) groups is 1. The third-order valence-electron chi connectivity index (χ3n) is 2.96. The van der Waals surface area contributed by atoms with E-state index in [0.29, 0.717) is 9.26 Å². The number of hydrogen-bond acceptors (Lipinski definition) is 1. The van der Waals surface area contributed by atoms with E-state index in [2.05, 4.69) is 5.32 Å². The highest BCUT2D eigenvalue weighted by molar-refractivity contribution is 14.1. The van der Waals surface area contributed by atoms with Crippen molar-refractivity contribution in [3.8, 4) is 0 Å². The molecule has 98 valence electrons. The van der Waals surface area contributed by atoms with E-state index < -0.39 is 30.0 Å². The first kappa shape index (κ1) is 13.6. The van der Waals surface area contributed by atoms with Crippen LogP contribution in [0.4, 0.5) is 18.9 Å². The molecule has 1 aromatic rings. The van der Waals surface area contributed by atoms with Crippen LogP contribution in [0.5, 0.6) is 0 Å². The van der Waals surface area contributed by atoms with E-state index in [4.69, 9.17) is 0 Å². The fraction of sp³-hybridized carbons (Fsp3) is 0.417. The summed E-state index contributed by atoms with van der Waals surface area (Å²) in [6.07, 6.45) is -0.460. The highest BCUT2D eigenvalue weighted by Crippen LogP contribution is 2.39. The molecule has 0 spiro atoms. The van der Waals surface area contributed by atoms with Gasteiger partial charge < -0.3 is 5.32 Å². The monoisotopic (exact) mass is 369 g/mol. The molecule has 1 fully saturated rings. The molecule has 0 saturated heterocycles. The Kier molecular flexibility index (Phi) is 3.84. The topological polar surface area (TPSA) is 29.1 Å². The Balaban J connectivity index is 2.04. The molecule has 0 aliphatic heterocycles. The van der Waals surface area contributed by atoms with E-state index in [9.17, 15) is 18.0 Å². The lowest BCUT2D eigenvalue weighted by Crippen LogP contribution is -2.22. The van der Waals surface area contributed by atoms with Crippen molar-refractivity contribution in [3.05, 3.63) is 27.6 Å². The highest BCUT2D eigenvalue weighted by Gasteiger charge is 2.42. The second kappa shape index (κ2) is 5.07. The molecule has 0 aromatic heterocycles. The van der Waals surface area contributed by atoms with Gasteiger partial charge in [0, 0.05) is 22.3 Å². The number of nitrogens with one attached hydrogen (secondary N) is 1. The van der Waals surface area contributed by atoms with E-state index in [1.165, 1.54) is 18.2 Å². The summed E-state index contributed by atoms with van der Waals surface area (Å²) in [5, 5.41) is 2.57. The molecule has 18 heavy (non-hydrogen) atoms. The predicted octanol–water partition coefficient (Wildman–Crippen LogP) is 3.80. The number of amides is 1. The standard InChI is InChI=1S/C12H11F3INO/c13-8-1-2-10(9(16)5-8)17-11(18)7-3-4-12(14,15)6-7/h1-2,5,7H,3-4,6H2,(H,17,18). The molecule has 1 saturated carbocycles. The van der Waals surface area contributed by atoms with Crippen molar-refractivity contribution in [2.24, 2.45) is 5.92 Å². The third-order valence-corrected chi connectivity index (χ3v) is 3.86. The number of alkyl halides is 2. The summed E-state index contributed by atoms with van der Waals surface area (Å²) in [5.74, 6) is -4.22. The summed E-state index contributed by atoms with van der Waals surface area (Å²) in [4.78, 5) is 11.8. The van der Waals surface area contributed by atoms with E-state index in [1.807, 2.05) is 22.6 Å². The molecule has 2 rings (SSSR count). The van der Waals surface area contributed by atoms with Crippen molar-refractivity contribution >= 4 is 34.2 Å². The third kappa shape index (κ3) is 3.15. The summed E-state index contributed by atoms with van der Waals surface area (Å²) in [6, 6.07) is 3.93. The number of rotatable bonds is 2. The number of carbonyl (C=O) groups excluding carboxylic acids is 1. The minimum atomic E-state index is -2.74.